The van der Waals surface area contributed by atoms with Crippen molar-refractivity contribution in [2.24, 2.45) is 0 Å². The number of halogens is 1. The lowest BCUT2D eigenvalue weighted by Gasteiger charge is -2.15. The van der Waals surface area contributed by atoms with E-state index < -0.39 is 0 Å². The molecule has 0 aromatic carbocycles. The van der Waals surface area contributed by atoms with Crippen molar-refractivity contribution in [1.82, 2.24) is 14.9 Å². The van der Waals surface area contributed by atoms with E-state index in [0.29, 0.717) is 5.88 Å². The fourth-order valence-corrected chi connectivity index (χ4v) is 2.94. The standard InChI is InChI=1S/C14H18ClN3S/c1-18(10-12-5-2-3-7-16-12)8-4-6-14-17-13(9-15)11-19-14/h2-3,5,7,11H,4,6,8-10H2,1H3. The predicted molar refractivity (Wildman–Crippen MR) is 80.6 cm³/mol. The first kappa shape index (κ1) is 14.4. The number of hydrogen-bond donors (Lipinski definition) is 0. The molecule has 5 heteroatoms. The number of nitrogens with zero attached hydrogens (tertiary/aromatic N) is 3. The lowest BCUT2D eigenvalue weighted by Crippen LogP contribution is -2.20. The van der Waals surface area contributed by atoms with Crippen LogP contribution in [0.3, 0.4) is 0 Å². The summed E-state index contributed by atoms with van der Waals surface area (Å²) in [5.41, 5.74) is 2.10. The van der Waals surface area contributed by atoms with E-state index in [4.69, 9.17) is 11.6 Å². The fourth-order valence-electron chi connectivity index (χ4n) is 1.87. The second-order valence-corrected chi connectivity index (χ2v) is 5.74. The van der Waals surface area contributed by atoms with Crippen LogP contribution in [0.4, 0.5) is 0 Å². The van der Waals surface area contributed by atoms with Gasteiger partial charge in [-0.25, -0.2) is 4.98 Å². The van der Waals surface area contributed by atoms with Crippen molar-refractivity contribution in [2.45, 2.75) is 25.3 Å². The van der Waals surface area contributed by atoms with Gasteiger partial charge in [0.15, 0.2) is 0 Å². The molecule has 0 aliphatic heterocycles. The van der Waals surface area contributed by atoms with Gasteiger partial charge in [0, 0.05) is 24.5 Å². The molecular weight excluding hydrogens is 278 g/mol. The van der Waals surface area contributed by atoms with Crippen molar-refractivity contribution in [3.63, 3.8) is 0 Å². The maximum atomic E-state index is 5.74. The van der Waals surface area contributed by atoms with E-state index in [1.807, 2.05) is 23.7 Å². The zero-order chi connectivity index (χ0) is 13.5. The molecule has 2 rings (SSSR count). The van der Waals surface area contributed by atoms with Crippen molar-refractivity contribution in [2.75, 3.05) is 13.6 Å². The van der Waals surface area contributed by atoms with Crippen LogP contribution in [-0.2, 0) is 18.8 Å². The second-order valence-electron chi connectivity index (χ2n) is 4.53. The van der Waals surface area contributed by atoms with Crippen molar-refractivity contribution < 1.29 is 0 Å². The number of pyridine rings is 1. The van der Waals surface area contributed by atoms with E-state index >= 15 is 0 Å². The highest BCUT2D eigenvalue weighted by molar-refractivity contribution is 7.09. The molecule has 0 saturated carbocycles. The van der Waals surface area contributed by atoms with Crippen LogP contribution in [0.15, 0.2) is 29.8 Å². The zero-order valence-electron chi connectivity index (χ0n) is 11.1. The lowest BCUT2D eigenvalue weighted by molar-refractivity contribution is 0.318. The average molecular weight is 296 g/mol. The van der Waals surface area contributed by atoms with Gasteiger partial charge in [-0.05, 0) is 32.1 Å². The molecule has 0 radical (unpaired) electrons. The molecule has 102 valence electrons. The summed E-state index contributed by atoms with van der Waals surface area (Å²) in [6.07, 6.45) is 3.97. The molecular formula is C14H18ClN3S. The molecule has 0 aliphatic rings. The molecule has 2 aromatic rings. The maximum absolute atomic E-state index is 5.74. The highest BCUT2D eigenvalue weighted by Gasteiger charge is 2.04. The molecule has 0 spiro atoms. The SMILES string of the molecule is CN(CCCc1nc(CCl)cs1)Cc1ccccn1. The maximum Gasteiger partial charge on any atom is 0.0929 e. The summed E-state index contributed by atoms with van der Waals surface area (Å²) in [7, 11) is 2.13. The van der Waals surface area contributed by atoms with Gasteiger partial charge in [-0.3, -0.25) is 4.98 Å². The number of thiazole rings is 1. The van der Waals surface area contributed by atoms with Crippen LogP contribution in [-0.4, -0.2) is 28.5 Å². The minimum Gasteiger partial charge on any atom is -0.301 e. The Bertz CT molecular complexity index is 486. The smallest absolute Gasteiger partial charge is 0.0929 e. The molecule has 3 nitrogen and oxygen atoms in total. The summed E-state index contributed by atoms with van der Waals surface area (Å²) < 4.78 is 0. The van der Waals surface area contributed by atoms with Gasteiger partial charge >= 0.3 is 0 Å². The minimum absolute atomic E-state index is 0.510. The van der Waals surface area contributed by atoms with Crippen LogP contribution >= 0.6 is 22.9 Å². The summed E-state index contributed by atoms with van der Waals surface area (Å²) in [5, 5.41) is 3.22. The van der Waals surface area contributed by atoms with Gasteiger partial charge in [0.25, 0.3) is 0 Å². The Morgan fingerprint density at radius 1 is 1.32 bits per heavy atom. The molecule has 0 bridgehead atoms. The third-order valence-corrected chi connectivity index (χ3v) is 4.06. The molecule has 0 amide bonds. The number of aryl methyl sites for hydroxylation is 1. The molecule has 0 N–H and O–H groups in total. The zero-order valence-corrected chi connectivity index (χ0v) is 12.6. The number of rotatable bonds is 7. The molecule has 2 heterocycles. The minimum atomic E-state index is 0.510. The molecule has 0 unspecified atom stereocenters. The Labute approximate surface area is 123 Å². The van der Waals surface area contributed by atoms with Crippen LogP contribution in [0, 0.1) is 0 Å². The molecule has 0 fully saturated rings. The first-order valence-corrected chi connectivity index (χ1v) is 7.77. The quantitative estimate of drug-likeness (QED) is 0.734. The molecule has 0 aliphatic carbocycles. The first-order chi connectivity index (χ1) is 9.28. The van der Waals surface area contributed by atoms with Gasteiger partial charge in [-0.15, -0.1) is 22.9 Å². The first-order valence-electron chi connectivity index (χ1n) is 6.35. The van der Waals surface area contributed by atoms with Crippen LogP contribution in [0.1, 0.15) is 22.8 Å². The topological polar surface area (TPSA) is 29.0 Å². The van der Waals surface area contributed by atoms with Crippen LogP contribution < -0.4 is 0 Å². The molecule has 19 heavy (non-hydrogen) atoms. The van der Waals surface area contributed by atoms with Crippen molar-refractivity contribution in [3.05, 3.63) is 46.2 Å². The fraction of sp³-hybridized carbons (Fsp3) is 0.429. The number of alkyl halides is 1. The van der Waals surface area contributed by atoms with E-state index in [1.165, 1.54) is 5.01 Å². The van der Waals surface area contributed by atoms with Crippen molar-refractivity contribution >= 4 is 22.9 Å². The number of aromatic nitrogens is 2. The van der Waals surface area contributed by atoms with E-state index in [2.05, 4.69) is 28.0 Å². The van der Waals surface area contributed by atoms with Gasteiger partial charge in [-0.1, -0.05) is 6.07 Å². The third kappa shape index (κ3) is 4.90. The van der Waals surface area contributed by atoms with Gasteiger partial charge < -0.3 is 4.90 Å². The highest BCUT2D eigenvalue weighted by Crippen LogP contribution is 2.13. The van der Waals surface area contributed by atoms with Gasteiger partial charge in [0.1, 0.15) is 0 Å². The second kappa shape index (κ2) is 7.58. The van der Waals surface area contributed by atoms with E-state index in [9.17, 15) is 0 Å². The largest absolute Gasteiger partial charge is 0.301 e. The molecule has 0 saturated heterocycles. The van der Waals surface area contributed by atoms with Crippen LogP contribution in [0.2, 0.25) is 0 Å². The van der Waals surface area contributed by atoms with E-state index in [-0.39, 0.29) is 0 Å². The lowest BCUT2D eigenvalue weighted by atomic mass is 10.3. The summed E-state index contributed by atoms with van der Waals surface area (Å²) in [6, 6.07) is 6.03. The van der Waals surface area contributed by atoms with Gasteiger partial charge in [0.2, 0.25) is 0 Å². The summed E-state index contributed by atoms with van der Waals surface area (Å²) in [4.78, 5) is 11.1. The summed E-state index contributed by atoms with van der Waals surface area (Å²) in [6.45, 7) is 1.94. The summed E-state index contributed by atoms with van der Waals surface area (Å²) in [5.74, 6) is 0.510. The Hall–Kier alpha value is -0.970. The predicted octanol–water partition coefficient (Wildman–Crippen LogP) is 3.34. The van der Waals surface area contributed by atoms with Crippen LogP contribution in [0.25, 0.3) is 0 Å². The van der Waals surface area contributed by atoms with E-state index in [1.54, 1.807) is 11.3 Å². The monoisotopic (exact) mass is 295 g/mol. The Morgan fingerprint density at radius 2 is 2.21 bits per heavy atom. The molecule has 0 atom stereocenters. The molecule has 2 aromatic heterocycles. The van der Waals surface area contributed by atoms with Gasteiger partial charge in [-0.2, -0.15) is 0 Å². The normalized spacial score (nSPS) is 11.1. The Kier molecular flexibility index (Phi) is 5.76. The van der Waals surface area contributed by atoms with Gasteiger partial charge in [0.05, 0.1) is 22.3 Å². The van der Waals surface area contributed by atoms with E-state index in [0.717, 1.165) is 37.3 Å². The summed E-state index contributed by atoms with van der Waals surface area (Å²) >= 11 is 7.45. The average Bonchev–Trinajstić information content (AvgIpc) is 2.88. The number of hydrogen-bond acceptors (Lipinski definition) is 4. The third-order valence-electron chi connectivity index (χ3n) is 2.82. The Balaban J connectivity index is 1.70. The van der Waals surface area contributed by atoms with Crippen LogP contribution in [0.5, 0.6) is 0 Å². The Morgan fingerprint density at radius 3 is 2.89 bits per heavy atom. The van der Waals surface area contributed by atoms with Crippen molar-refractivity contribution in [1.29, 1.82) is 0 Å². The van der Waals surface area contributed by atoms with Crippen molar-refractivity contribution in [3.8, 4) is 0 Å². The highest BCUT2D eigenvalue weighted by atomic mass is 35.5.